The Morgan fingerprint density at radius 1 is 1.00 bits per heavy atom. The maximum Gasteiger partial charge on any atom is 0.266 e. The average Bonchev–Trinajstić information content (AvgIpc) is 2.88. The number of carbonyl (C=O) groups excluding carboxylic acids is 2. The maximum absolute atomic E-state index is 13.7. The first-order valence-corrected chi connectivity index (χ1v) is 10.9. The molecule has 0 aromatic heterocycles. The standard InChI is InChI=1S/C27H24FN3O5/c1-3-35-21-11-9-20(10-12-21)30-27(33)19(16-29)14-18-8-13-24(25(15-18)34-2)36-17-26(32)31-23-7-5-4-6-22(23)28/h4-15H,3,17H2,1-2H3,(H,30,33)(H,31,32). The number of benzene rings is 3. The fraction of sp³-hybridized carbons (Fsp3) is 0.148. The van der Waals surface area contributed by atoms with E-state index in [2.05, 4.69) is 10.6 Å². The Morgan fingerprint density at radius 2 is 1.75 bits per heavy atom. The molecule has 0 atom stereocenters. The molecule has 0 spiro atoms. The van der Waals surface area contributed by atoms with Gasteiger partial charge in [-0.1, -0.05) is 18.2 Å². The Labute approximate surface area is 207 Å². The Morgan fingerprint density at radius 3 is 2.42 bits per heavy atom. The van der Waals surface area contributed by atoms with E-state index in [0.717, 1.165) is 0 Å². The zero-order valence-corrected chi connectivity index (χ0v) is 19.7. The van der Waals surface area contributed by atoms with Gasteiger partial charge in [0.05, 0.1) is 19.4 Å². The molecule has 0 aliphatic rings. The lowest BCUT2D eigenvalue weighted by atomic mass is 10.1. The highest BCUT2D eigenvalue weighted by molar-refractivity contribution is 6.09. The number of ether oxygens (including phenoxy) is 3. The summed E-state index contributed by atoms with van der Waals surface area (Å²) >= 11 is 0. The highest BCUT2D eigenvalue weighted by Gasteiger charge is 2.13. The second-order valence-corrected chi connectivity index (χ2v) is 7.31. The molecular weight excluding hydrogens is 465 g/mol. The van der Waals surface area contributed by atoms with Gasteiger partial charge in [-0.15, -0.1) is 0 Å². The SMILES string of the molecule is CCOc1ccc(NC(=O)C(C#N)=Cc2ccc(OCC(=O)Nc3ccccc3F)c(OC)c2)cc1. The number of nitriles is 1. The molecule has 36 heavy (non-hydrogen) atoms. The number of nitrogens with one attached hydrogen (secondary N) is 2. The van der Waals surface area contributed by atoms with E-state index in [4.69, 9.17) is 14.2 Å². The predicted octanol–water partition coefficient (Wildman–Crippen LogP) is 4.80. The molecule has 3 aromatic rings. The van der Waals surface area contributed by atoms with Crippen LogP contribution < -0.4 is 24.8 Å². The molecule has 184 valence electrons. The lowest BCUT2D eigenvalue weighted by Gasteiger charge is -2.12. The zero-order valence-electron chi connectivity index (χ0n) is 19.7. The van der Waals surface area contributed by atoms with Crippen molar-refractivity contribution in [2.24, 2.45) is 0 Å². The molecule has 0 unspecified atom stereocenters. The van der Waals surface area contributed by atoms with Gasteiger partial charge in [0.25, 0.3) is 11.8 Å². The van der Waals surface area contributed by atoms with Gasteiger partial charge in [0.15, 0.2) is 18.1 Å². The van der Waals surface area contributed by atoms with Crippen molar-refractivity contribution >= 4 is 29.3 Å². The Kier molecular flexibility index (Phi) is 9.00. The number of hydrogen-bond acceptors (Lipinski definition) is 6. The third-order valence-electron chi connectivity index (χ3n) is 4.79. The van der Waals surface area contributed by atoms with E-state index < -0.39 is 17.6 Å². The first kappa shape index (κ1) is 25.8. The number of rotatable bonds is 10. The molecule has 0 saturated heterocycles. The van der Waals surface area contributed by atoms with E-state index in [0.29, 0.717) is 23.6 Å². The molecule has 0 bridgehead atoms. The monoisotopic (exact) mass is 489 g/mol. The molecule has 2 amide bonds. The fourth-order valence-corrected chi connectivity index (χ4v) is 3.10. The van der Waals surface area contributed by atoms with Crippen LogP contribution in [0.15, 0.2) is 72.3 Å². The molecular formula is C27H24FN3O5. The van der Waals surface area contributed by atoms with Gasteiger partial charge >= 0.3 is 0 Å². The molecule has 0 aliphatic carbocycles. The van der Waals surface area contributed by atoms with Crippen LogP contribution in [-0.4, -0.2) is 32.1 Å². The van der Waals surface area contributed by atoms with Crippen molar-refractivity contribution in [3.63, 3.8) is 0 Å². The smallest absolute Gasteiger partial charge is 0.266 e. The van der Waals surface area contributed by atoms with Crippen molar-refractivity contribution < 1.29 is 28.2 Å². The number of halogens is 1. The van der Waals surface area contributed by atoms with Crippen LogP contribution in [-0.2, 0) is 9.59 Å². The first-order chi connectivity index (χ1) is 17.4. The third kappa shape index (κ3) is 7.08. The minimum atomic E-state index is -0.578. The van der Waals surface area contributed by atoms with Crippen LogP contribution in [0.4, 0.5) is 15.8 Å². The summed E-state index contributed by atoms with van der Waals surface area (Å²) in [6.07, 6.45) is 1.40. The molecule has 2 N–H and O–H groups in total. The topological polar surface area (TPSA) is 110 Å². The number of hydrogen-bond donors (Lipinski definition) is 2. The van der Waals surface area contributed by atoms with Crippen molar-refractivity contribution in [3.05, 3.63) is 83.7 Å². The van der Waals surface area contributed by atoms with E-state index >= 15 is 0 Å². The maximum atomic E-state index is 13.7. The van der Waals surface area contributed by atoms with Gasteiger partial charge in [-0.2, -0.15) is 5.26 Å². The number of para-hydroxylation sites is 1. The third-order valence-corrected chi connectivity index (χ3v) is 4.79. The molecule has 0 fully saturated rings. The summed E-state index contributed by atoms with van der Waals surface area (Å²) < 4.78 is 29.9. The summed E-state index contributed by atoms with van der Waals surface area (Å²) in [6, 6.07) is 19.2. The second kappa shape index (κ2) is 12.6. The van der Waals surface area contributed by atoms with Gasteiger partial charge < -0.3 is 24.8 Å². The zero-order chi connectivity index (χ0) is 25.9. The number of amides is 2. The Balaban J connectivity index is 1.66. The Hall–Kier alpha value is -4.84. The van der Waals surface area contributed by atoms with Crippen LogP contribution >= 0.6 is 0 Å². The van der Waals surface area contributed by atoms with Crippen molar-refractivity contribution in [3.8, 4) is 23.3 Å². The molecule has 9 heteroatoms. The first-order valence-electron chi connectivity index (χ1n) is 10.9. The van der Waals surface area contributed by atoms with Crippen LogP contribution in [0.2, 0.25) is 0 Å². The van der Waals surface area contributed by atoms with Gasteiger partial charge in [-0.05, 0) is 67.1 Å². The van der Waals surface area contributed by atoms with Gasteiger partial charge in [-0.25, -0.2) is 4.39 Å². The van der Waals surface area contributed by atoms with Crippen LogP contribution in [0, 0.1) is 17.1 Å². The number of carbonyl (C=O) groups is 2. The van der Waals surface area contributed by atoms with Crippen LogP contribution in [0.3, 0.4) is 0 Å². The molecule has 3 rings (SSSR count). The van der Waals surface area contributed by atoms with Gasteiger partial charge in [0, 0.05) is 5.69 Å². The lowest BCUT2D eigenvalue weighted by molar-refractivity contribution is -0.118. The van der Waals surface area contributed by atoms with Crippen LogP contribution in [0.25, 0.3) is 6.08 Å². The molecule has 0 saturated carbocycles. The van der Waals surface area contributed by atoms with E-state index in [1.807, 2.05) is 13.0 Å². The summed E-state index contributed by atoms with van der Waals surface area (Å²) in [5.41, 5.74) is 0.947. The lowest BCUT2D eigenvalue weighted by Crippen LogP contribution is -2.20. The summed E-state index contributed by atoms with van der Waals surface area (Å²) in [5, 5.41) is 14.6. The fourth-order valence-electron chi connectivity index (χ4n) is 3.10. The van der Waals surface area contributed by atoms with Crippen molar-refractivity contribution in [1.29, 1.82) is 5.26 Å². The summed E-state index contributed by atoms with van der Waals surface area (Å²) in [5.74, 6) is -0.470. The number of methoxy groups -OCH3 is 1. The van der Waals surface area contributed by atoms with E-state index in [9.17, 15) is 19.2 Å². The van der Waals surface area contributed by atoms with E-state index in [1.165, 1.54) is 31.4 Å². The predicted molar refractivity (Wildman–Crippen MR) is 133 cm³/mol. The molecule has 0 heterocycles. The minimum absolute atomic E-state index is 0.0473. The normalized spacial score (nSPS) is 10.7. The molecule has 0 aliphatic heterocycles. The molecule has 3 aromatic carbocycles. The highest BCUT2D eigenvalue weighted by Crippen LogP contribution is 2.29. The van der Waals surface area contributed by atoms with E-state index in [1.54, 1.807) is 48.5 Å². The van der Waals surface area contributed by atoms with Crippen molar-refractivity contribution in [2.75, 3.05) is 31.0 Å². The van der Waals surface area contributed by atoms with E-state index in [-0.39, 0.29) is 29.4 Å². The summed E-state index contributed by atoms with van der Waals surface area (Å²) in [4.78, 5) is 24.7. The van der Waals surface area contributed by atoms with Crippen LogP contribution in [0.5, 0.6) is 17.2 Å². The van der Waals surface area contributed by atoms with Crippen molar-refractivity contribution in [2.45, 2.75) is 6.92 Å². The number of nitrogens with zero attached hydrogens (tertiary/aromatic N) is 1. The quantitative estimate of drug-likeness (QED) is 0.313. The minimum Gasteiger partial charge on any atom is -0.494 e. The highest BCUT2D eigenvalue weighted by atomic mass is 19.1. The largest absolute Gasteiger partial charge is 0.494 e. The second-order valence-electron chi connectivity index (χ2n) is 7.31. The molecule has 8 nitrogen and oxygen atoms in total. The summed E-state index contributed by atoms with van der Waals surface area (Å²) in [6.45, 7) is 2.02. The average molecular weight is 490 g/mol. The van der Waals surface area contributed by atoms with Gasteiger partial charge in [0.1, 0.15) is 23.2 Å². The van der Waals surface area contributed by atoms with Crippen LogP contribution in [0.1, 0.15) is 12.5 Å². The van der Waals surface area contributed by atoms with Gasteiger partial charge in [-0.3, -0.25) is 9.59 Å². The number of anilines is 2. The van der Waals surface area contributed by atoms with Crippen molar-refractivity contribution in [1.82, 2.24) is 0 Å². The van der Waals surface area contributed by atoms with Gasteiger partial charge in [0.2, 0.25) is 0 Å². The molecule has 0 radical (unpaired) electrons. The Bertz CT molecular complexity index is 1300. The summed E-state index contributed by atoms with van der Waals surface area (Å²) in [7, 11) is 1.42.